The predicted molar refractivity (Wildman–Crippen MR) is 84.5 cm³/mol. The quantitative estimate of drug-likeness (QED) is 0.909. The Bertz CT molecular complexity index is 501. The maximum absolute atomic E-state index is 12.4. The van der Waals surface area contributed by atoms with Crippen molar-refractivity contribution in [3.63, 3.8) is 0 Å². The Morgan fingerprint density at radius 3 is 2.67 bits per heavy atom. The Hall–Kier alpha value is -1.49. The average Bonchev–Trinajstić information content (AvgIpc) is 2.53. The molecule has 114 valence electrons. The third-order valence-electron chi connectivity index (χ3n) is 3.73. The molecule has 1 aliphatic rings. The second-order valence-corrected chi connectivity index (χ2v) is 6.54. The first-order valence-electron chi connectivity index (χ1n) is 7.30. The highest BCUT2D eigenvalue weighted by Crippen LogP contribution is 2.19. The molecule has 1 amide bonds. The molecule has 1 heterocycles. The summed E-state index contributed by atoms with van der Waals surface area (Å²) in [4.78, 5) is 25.1. The van der Waals surface area contributed by atoms with Crippen molar-refractivity contribution in [1.29, 1.82) is 0 Å². The van der Waals surface area contributed by atoms with E-state index in [1.165, 1.54) is 5.56 Å². The number of thioether (sulfide) groups is 1. The number of piperidine rings is 1. The van der Waals surface area contributed by atoms with Crippen LogP contribution < -0.4 is 0 Å². The van der Waals surface area contributed by atoms with Crippen LogP contribution in [0.4, 0.5) is 0 Å². The van der Waals surface area contributed by atoms with Crippen LogP contribution in [-0.4, -0.2) is 40.7 Å². The number of carbonyl (C=O) groups is 2. The minimum Gasteiger partial charge on any atom is -0.481 e. The maximum Gasteiger partial charge on any atom is 0.308 e. The molecule has 0 aromatic heterocycles. The van der Waals surface area contributed by atoms with Gasteiger partial charge in [0.2, 0.25) is 0 Å². The Morgan fingerprint density at radius 1 is 1.33 bits per heavy atom. The number of nitrogens with zero attached hydrogens (tertiary/aromatic N) is 1. The number of amides is 1. The second-order valence-electron chi connectivity index (χ2n) is 5.26. The number of rotatable bonds is 5. The van der Waals surface area contributed by atoms with Crippen molar-refractivity contribution in [2.45, 2.75) is 25.5 Å². The van der Waals surface area contributed by atoms with E-state index in [0.717, 1.165) is 17.9 Å². The summed E-state index contributed by atoms with van der Waals surface area (Å²) in [5.74, 6) is 0.735. The molecule has 0 spiro atoms. The van der Waals surface area contributed by atoms with Crippen molar-refractivity contribution >= 4 is 23.6 Å². The van der Waals surface area contributed by atoms with E-state index in [9.17, 15) is 9.59 Å². The van der Waals surface area contributed by atoms with E-state index < -0.39 is 11.9 Å². The number of carboxylic acids is 1. The lowest BCUT2D eigenvalue weighted by molar-refractivity contribution is -0.143. The summed E-state index contributed by atoms with van der Waals surface area (Å²) < 4.78 is 0. The third-order valence-corrected chi connectivity index (χ3v) is 4.68. The summed E-state index contributed by atoms with van der Waals surface area (Å²) in [6, 6.07) is 7.65. The number of carboxylic acid groups (broad SMARTS) is 1. The zero-order chi connectivity index (χ0) is 15.2. The van der Waals surface area contributed by atoms with Crippen molar-refractivity contribution < 1.29 is 14.7 Å². The van der Waals surface area contributed by atoms with Crippen molar-refractivity contribution in [2.75, 3.05) is 18.8 Å². The number of aliphatic carboxylic acids is 1. The van der Waals surface area contributed by atoms with Crippen LogP contribution in [0.15, 0.2) is 24.3 Å². The Balaban J connectivity index is 2.00. The zero-order valence-corrected chi connectivity index (χ0v) is 13.1. The zero-order valence-electron chi connectivity index (χ0n) is 12.2. The molecule has 0 radical (unpaired) electrons. The Labute approximate surface area is 129 Å². The monoisotopic (exact) mass is 307 g/mol. The van der Waals surface area contributed by atoms with Crippen molar-refractivity contribution in [2.24, 2.45) is 5.92 Å². The van der Waals surface area contributed by atoms with E-state index in [-0.39, 0.29) is 5.91 Å². The van der Waals surface area contributed by atoms with Gasteiger partial charge >= 0.3 is 5.97 Å². The highest BCUT2D eigenvalue weighted by molar-refractivity contribution is 7.98. The van der Waals surface area contributed by atoms with E-state index in [4.69, 9.17) is 5.11 Å². The van der Waals surface area contributed by atoms with Crippen LogP contribution in [-0.2, 0) is 10.5 Å². The first-order valence-corrected chi connectivity index (χ1v) is 8.46. The minimum atomic E-state index is -0.806. The minimum absolute atomic E-state index is 0.0596. The SMILES string of the molecule is CCSCc1ccc(C(=O)N2CCCC(C(=O)O)C2)cc1. The molecule has 1 aliphatic heterocycles. The molecule has 1 unspecified atom stereocenters. The fraction of sp³-hybridized carbons (Fsp3) is 0.500. The number of benzene rings is 1. The van der Waals surface area contributed by atoms with Gasteiger partial charge in [-0.3, -0.25) is 9.59 Å². The Morgan fingerprint density at radius 2 is 2.05 bits per heavy atom. The smallest absolute Gasteiger partial charge is 0.308 e. The topological polar surface area (TPSA) is 57.6 Å². The number of hydrogen-bond acceptors (Lipinski definition) is 3. The summed E-state index contributed by atoms with van der Waals surface area (Å²) in [6.07, 6.45) is 1.42. The fourth-order valence-electron chi connectivity index (χ4n) is 2.51. The molecule has 2 rings (SSSR count). The lowest BCUT2D eigenvalue weighted by atomic mass is 9.97. The molecule has 1 N–H and O–H groups in total. The molecule has 0 bridgehead atoms. The number of hydrogen-bond donors (Lipinski definition) is 1. The van der Waals surface area contributed by atoms with Crippen molar-refractivity contribution in [3.05, 3.63) is 35.4 Å². The molecule has 0 saturated carbocycles. The molecule has 1 aromatic rings. The average molecular weight is 307 g/mol. The van der Waals surface area contributed by atoms with Gasteiger partial charge in [0.25, 0.3) is 5.91 Å². The van der Waals surface area contributed by atoms with Gasteiger partial charge in [-0.25, -0.2) is 0 Å². The molecule has 1 aromatic carbocycles. The standard InChI is InChI=1S/C16H21NO3S/c1-2-21-11-12-5-7-13(8-6-12)15(18)17-9-3-4-14(10-17)16(19)20/h5-8,14H,2-4,9-11H2,1H3,(H,19,20). The van der Waals surface area contributed by atoms with Crippen LogP contribution in [0.1, 0.15) is 35.7 Å². The van der Waals surface area contributed by atoms with Gasteiger partial charge in [0, 0.05) is 24.4 Å². The number of likely N-dealkylation sites (tertiary alicyclic amines) is 1. The second kappa shape index (κ2) is 7.50. The summed E-state index contributed by atoms with van der Waals surface area (Å²) in [5, 5.41) is 9.09. The molecular weight excluding hydrogens is 286 g/mol. The lowest BCUT2D eigenvalue weighted by Crippen LogP contribution is -2.42. The summed E-state index contributed by atoms with van der Waals surface area (Å²) in [7, 11) is 0. The van der Waals surface area contributed by atoms with E-state index in [1.807, 2.05) is 36.0 Å². The van der Waals surface area contributed by atoms with Gasteiger partial charge < -0.3 is 10.0 Å². The van der Waals surface area contributed by atoms with E-state index in [2.05, 4.69) is 6.92 Å². The summed E-state index contributed by atoms with van der Waals surface area (Å²) in [6.45, 7) is 3.09. The molecule has 1 saturated heterocycles. The van der Waals surface area contributed by atoms with Crippen LogP contribution in [0.5, 0.6) is 0 Å². The molecule has 5 heteroatoms. The molecular formula is C16H21NO3S. The molecule has 21 heavy (non-hydrogen) atoms. The summed E-state index contributed by atoms with van der Waals surface area (Å²) in [5.41, 5.74) is 1.85. The third kappa shape index (κ3) is 4.24. The molecule has 4 nitrogen and oxygen atoms in total. The first kappa shape index (κ1) is 15.9. The molecule has 0 aliphatic carbocycles. The highest BCUT2D eigenvalue weighted by atomic mass is 32.2. The van der Waals surface area contributed by atoms with Gasteiger partial charge in [-0.15, -0.1) is 0 Å². The van der Waals surface area contributed by atoms with Crippen LogP contribution in [0.3, 0.4) is 0 Å². The van der Waals surface area contributed by atoms with Gasteiger partial charge in [0.1, 0.15) is 0 Å². The van der Waals surface area contributed by atoms with E-state index >= 15 is 0 Å². The van der Waals surface area contributed by atoms with Crippen molar-refractivity contribution in [3.8, 4) is 0 Å². The van der Waals surface area contributed by atoms with Gasteiger partial charge in [0.05, 0.1) is 5.92 Å². The van der Waals surface area contributed by atoms with E-state index in [0.29, 0.717) is 25.1 Å². The maximum atomic E-state index is 12.4. The van der Waals surface area contributed by atoms with Gasteiger partial charge in [-0.05, 0) is 36.3 Å². The molecule has 1 fully saturated rings. The summed E-state index contributed by atoms with van der Waals surface area (Å²) >= 11 is 1.85. The van der Waals surface area contributed by atoms with E-state index in [1.54, 1.807) is 4.90 Å². The van der Waals surface area contributed by atoms with Crippen LogP contribution in [0.2, 0.25) is 0 Å². The lowest BCUT2D eigenvalue weighted by Gasteiger charge is -2.30. The normalized spacial score (nSPS) is 18.5. The Kier molecular flexibility index (Phi) is 5.67. The van der Waals surface area contributed by atoms with Gasteiger partial charge in [0.15, 0.2) is 0 Å². The molecule has 1 atom stereocenters. The predicted octanol–water partition coefficient (Wildman–Crippen LogP) is 2.88. The number of carbonyl (C=O) groups excluding carboxylic acids is 1. The van der Waals surface area contributed by atoms with Gasteiger partial charge in [-0.1, -0.05) is 19.1 Å². The van der Waals surface area contributed by atoms with Crippen LogP contribution in [0.25, 0.3) is 0 Å². The van der Waals surface area contributed by atoms with Crippen LogP contribution >= 0.6 is 11.8 Å². The van der Waals surface area contributed by atoms with Crippen molar-refractivity contribution in [1.82, 2.24) is 4.90 Å². The first-order chi connectivity index (χ1) is 10.1. The van der Waals surface area contributed by atoms with Gasteiger partial charge in [-0.2, -0.15) is 11.8 Å². The largest absolute Gasteiger partial charge is 0.481 e. The highest BCUT2D eigenvalue weighted by Gasteiger charge is 2.28. The fourth-order valence-corrected chi connectivity index (χ4v) is 3.14. The van der Waals surface area contributed by atoms with Crippen LogP contribution in [0, 0.1) is 5.92 Å².